The van der Waals surface area contributed by atoms with Gasteiger partial charge in [0, 0.05) is 5.75 Å². The molecule has 0 amide bonds. The van der Waals surface area contributed by atoms with Crippen molar-refractivity contribution in [1.29, 1.82) is 0 Å². The van der Waals surface area contributed by atoms with E-state index < -0.39 is 0 Å². The van der Waals surface area contributed by atoms with E-state index in [9.17, 15) is 0 Å². The minimum atomic E-state index is 0.852. The second kappa shape index (κ2) is 15.3. The van der Waals surface area contributed by atoms with Gasteiger partial charge in [0.2, 0.25) is 0 Å². The Balaban J connectivity index is 2.83. The van der Waals surface area contributed by atoms with Gasteiger partial charge < -0.3 is 9.87 Å². The van der Waals surface area contributed by atoms with E-state index in [0.717, 1.165) is 37.3 Å². The molecular formula is C13H29NOS. The number of nitrogens with one attached hydrogen (secondary N) is 1. The van der Waals surface area contributed by atoms with Gasteiger partial charge in [0.05, 0.1) is 0 Å². The van der Waals surface area contributed by atoms with Gasteiger partial charge in [-0.2, -0.15) is 0 Å². The smallest absolute Gasteiger partial charge is 0.0207 e. The molecule has 0 bridgehead atoms. The van der Waals surface area contributed by atoms with E-state index in [1.54, 1.807) is 0 Å². The van der Waals surface area contributed by atoms with Crippen molar-refractivity contribution in [2.75, 3.05) is 18.8 Å². The Morgan fingerprint density at radius 3 is 2.00 bits per heavy atom. The average Bonchev–Trinajstić information content (AvgIpc) is 2.31. The van der Waals surface area contributed by atoms with Gasteiger partial charge in [0.15, 0.2) is 0 Å². The van der Waals surface area contributed by atoms with Gasteiger partial charge in [0.1, 0.15) is 0 Å². The van der Waals surface area contributed by atoms with Crippen LogP contribution in [-0.4, -0.2) is 23.4 Å². The largest absolute Gasteiger partial charge is 0.330 e. The lowest BCUT2D eigenvalue weighted by Crippen LogP contribution is -2.17. The van der Waals surface area contributed by atoms with E-state index in [2.05, 4.69) is 12.2 Å². The third-order valence-corrected chi connectivity index (χ3v) is 3.27. The Labute approximate surface area is 106 Å². The Morgan fingerprint density at radius 2 is 1.38 bits per heavy atom. The Bertz CT molecular complexity index is 109. The van der Waals surface area contributed by atoms with Crippen molar-refractivity contribution in [2.45, 2.75) is 64.7 Å². The molecular weight excluding hydrogens is 218 g/mol. The average molecular weight is 247 g/mol. The van der Waals surface area contributed by atoms with Gasteiger partial charge >= 0.3 is 0 Å². The quantitative estimate of drug-likeness (QED) is 0.376. The van der Waals surface area contributed by atoms with Crippen LogP contribution in [-0.2, 0) is 0 Å². The minimum Gasteiger partial charge on any atom is -0.330 e. The summed E-state index contributed by atoms with van der Waals surface area (Å²) in [5.74, 6) is 0.852. The summed E-state index contributed by atoms with van der Waals surface area (Å²) in [4.78, 5) is 0. The van der Waals surface area contributed by atoms with Crippen LogP contribution >= 0.6 is 12.0 Å². The molecule has 0 rings (SSSR count). The zero-order valence-corrected chi connectivity index (χ0v) is 11.7. The first kappa shape index (κ1) is 16.3. The van der Waals surface area contributed by atoms with Gasteiger partial charge in [-0.3, -0.25) is 0 Å². The molecule has 16 heavy (non-hydrogen) atoms. The van der Waals surface area contributed by atoms with Crippen molar-refractivity contribution in [3.63, 3.8) is 0 Å². The van der Waals surface area contributed by atoms with Crippen molar-refractivity contribution >= 4 is 12.0 Å². The van der Waals surface area contributed by atoms with Crippen molar-refractivity contribution in [1.82, 2.24) is 5.32 Å². The standard InChI is InChI=1S/C13H29NOS/c1-2-3-4-5-6-7-8-9-11-14-12-10-13-16-15/h14-15H,2-13H2,1H3. The summed E-state index contributed by atoms with van der Waals surface area (Å²) in [5.41, 5.74) is 0. The van der Waals surface area contributed by atoms with Gasteiger partial charge in [-0.05, 0) is 38.0 Å². The normalized spacial score (nSPS) is 10.9. The molecule has 3 heteroatoms. The molecule has 0 saturated heterocycles. The van der Waals surface area contributed by atoms with E-state index >= 15 is 0 Å². The van der Waals surface area contributed by atoms with Crippen LogP contribution in [0.15, 0.2) is 0 Å². The zero-order chi connectivity index (χ0) is 11.9. The predicted octanol–water partition coefficient (Wildman–Crippen LogP) is 4.31. The highest BCUT2D eigenvalue weighted by Crippen LogP contribution is 2.07. The van der Waals surface area contributed by atoms with Gasteiger partial charge in [-0.1, -0.05) is 51.9 Å². The first-order chi connectivity index (χ1) is 7.91. The molecule has 98 valence electrons. The number of hydrogen-bond acceptors (Lipinski definition) is 3. The van der Waals surface area contributed by atoms with Crippen LogP contribution in [0.25, 0.3) is 0 Å². The molecule has 0 aliphatic heterocycles. The molecule has 2 N–H and O–H groups in total. The third-order valence-electron chi connectivity index (χ3n) is 2.80. The highest BCUT2D eigenvalue weighted by Gasteiger charge is 1.92. The molecule has 0 aromatic rings. The maximum absolute atomic E-state index is 8.52. The number of rotatable bonds is 13. The van der Waals surface area contributed by atoms with E-state index in [4.69, 9.17) is 4.55 Å². The van der Waals surface area contributed by atoms with Gasteiger partial charge in [-0.25, -0.2) is 0 Å². The monoisotopic (exact) mass is 247 g/mol. The molecule has 0 fully saturated rings. The number of unbranched alkanes of at least 4 members (excludes halogenated alkanes) is 7. The van der Waals surface area contributed by atoms with E-state index in [1.165, 1.54) is 51.4 Å². The van der Waals surface area contributed by atoms with Crippen molar-refractivity contribution in [3.8, 4) is 0 Å². The first-order valence-corrected chi connectivity index (χ1v) is 7.83. The molecule has 0 aliphatic carbocycles. The molecule has 0 aromatic heterocycles. The molecule has 2 nitrogen and oxygen atoms in total. The second-order valence-corrected chi connectivity index (χ2v) is 5.08. The van der Waals surface area contributed by atoms with Gasteiger partial charge in [-0.15, -0.1) is 0 Å². The Hall–Kier alpha value is 0.270. The maximum Gasteiger partial charge on any atom is 0.0207 e. The summed E-state index contributed by atoms with van der Waals surface area (Å²) in [5, 5.41) is 3.41. The van der Waals surface area contributed by atoms with E-state index in [-0.39, 0.29) is 0 Å². The van der Waals surface area contributed by atoms with Crippen LogP contribution in [0.1, 0.15) is 64.7 Å². The molecule has 0 saturated carbocycles. The summed E-state index contributed by atoms with van der Waals surface area (Å²) in [7, 11) is 0. The SMILES string of the molecule is CCCCCCCCCCNCCCSO. The maximum atomic E-state index is 8.52. The predicted molar refractivity (Wildman–Crippen MR) is 75.2 cm³/mol. The molecule has 0 aromatic carbocycles. The molecule has 0 atom stereocenters. The molecule has 0 heterocycles. The minimum absolute atomic E-state index is 0.852. The van der Waals surface area contributed by atoms with Crippen molar-refractivity contribution in [3.05, 3.63) is 0 Å². The Kier molecular flexibility index (Phi) is 15.5. The van der Waals surface area contributed by atoms with Crippen molar-refractivity contribution in [2.24, 2.45) is 0 Å². The lowest BCUT2D eigenvalue weighted by Gasteiger charge is -2.04. The molecule has 0 unspecified atom stereocenters. The fraction of sp³-hybridized carbons (Fsp3) is 1.00. The fourth-order valence-corrected chi connectivity index (χ4v) is 2.04. The summed E-state index contributed by atoms with van der Waals surface area (Å²) >= 11 is 0.943. The summed E-state index contributed by atoms with van der Waals surface area (Å²) in [6.45, 7) is 4.45. The summed E-state index contributed by atoms with van der Waals surface area (Å²) in [6, 6.07) is 0. The van der Waals surface area contributed by atoms with Crippen LogP contribution in [0.2, 0.25) is 0 Å². The highest BCUT2D eigenvalue weighted by molar-refractivity contribution is 7.93. The lowest BCUT2D eigenvalue weighted by atomic mass is 10.1. The molecule has 0 aliphatic rings. The first-order valence-electron chi connectivity index (χ1n) is 6.89. The fourth-order valence-electron chi connectivity index (χ4n) is 1.77. The molecule has 0 spiro atoms. The molecule has 0 radical (unpaired) electrons. The zero-order valence-electron chi connectivity index (χ0n) is 10.8. The van der Waals surface area contributed by atoms with Crippen molar-refractivity contribution < 1.29 is 4.55 Å². The van der Waals surface area contributed by atoms with Crippen LogP contribution in [0, 0.1) is 0 Å². The number of hydrogen-bond donors (Lipinski definition) is 2. The van der Waals surface area contributed by atoms with E-state index in [1.807, 2.05) is 0 Å². The summed E-state index contributed by atoms with van der Waals surface area (Å²) < 4.78 is 8.52. The van der Waals surface area contributed by atoms with E-state index in [0.29, 0.717) is 0 Å². The van der Waals surface area contributed by atoms with Crippen LogP contribution in [0.5, 0.6) is 0 Å². The van der Waals surface area contributed by atoms with Crippen LogP contribution in [0.4, 0.5) is 0 Å². The summed E-state index contributed by atoms with van der Waals surface area (Å²) in [6.07, 6.45) is 12.2. The second-order valence-electron chi connectivity index (χ2n) is 4.41. The highest BCUT2D eigenvalue weighted by atomic mass is 32.2. The third kappa shape index (κ3) is 14.3. The van der Waals surface area contributed by atoms with Crippen LogP contribution < -0.4 is 5.32 Å². The Morgan fingerprint density at radius 1 is 0.812 bits per heavy atom. The van der Waals surface area contributed by atoms with Gasteiger partial charge in [0.25, 0.3) is 0 Å². The van der Waals surface area contributed by atoms with Crippen LogP contribution in [0.3, 0.4) is 0 Å². The topological polar surface area (TPSA) is 32.3 Å². The lowest BCUT2D eigenvalue weighted by molar-refractivity contribution is 0.554.